The molecule has 1 heterocycles. The molecule has 1 saturated heterocycles. The summed E-state index contributed by atoms with van der Waals surface area (Å²) in [4.78, 5) is 2.74. The highest BCUT2D eigenvalue weighted by atomic mass is 15.2. The summed E-state index contributed by atoms with van der Waals surface area (Å²) >= 11 is 0. The van der Waals surface area contributed by atoms with Gasteiger partial charge >= 0.3 is 0 Å². The topological polar surface area (TPSA) is 15.3 Å². The maximum Gasteiger partial charge on any atom is 0.0309 e. The van der Waals surface area contributed by atoms with Crippen molar-refractivity contribution >= 4 is 0 Å². The molecule has 0 spiro atoms. The molecule has 1 atom stereocenters. The third kappa shape index (κ3) is 6.58. The smallest absolute Gasteiger partial charge is 0.0309 e. The summed E-state index contributed by atoms with van der Waals surface area (Å²) in [6.45, 7) is 16.7. The first kappa shape index (κ1) is 18.0. The summed E-state index contributed by atoms with van der Waals surface area (Å²) in [6, 6.07) is 0. The first-order valence-electron chi connectivity index (χ1n) is 8.95. The maximum absolute atomic E-state index is 3.84. The lowest BCUT2D eigenvalue weighted by Gasteiger charge is -2.36. The van der Waals surface area contributed by atoms with Gasteiger partial charge in [-0.05, 0) is 63.6 Å². The molecule has 2 nitrogen and oxygen atoms in total. The van der Waals surface area contributed by atoms with Crippen LogP contribution in [0.25, 0.3) is 0 Å². The molecule has 1 aliphatic rings. The Bertz CT molecular complexity index is 230. The van der Waals surface area contributed by atoms with E-state index in [2.05, 4.69) is 44.8 Å². The van der Waals surface area contributed by atoms with E-state index in [1.807, 2.05) is 0 Å². The first-order valence-corrected chi connectivity index (χ1v) is 8.95. The molecule has 0 aliphatic carbocycles. The van der Waals surface area contributed by atoms with E-state index in [9.17, 15) is 0 Å². The largest absolute Gasteiger partial charge is 0.310 e. The molecule has 0 radical (unpaired) electrons. The molecule has 1 unspecified atom stereocenters. The van der Waals surface area contributed by atoms with E-state index in [-0.39, 0.29) is 0 Å². The molecule has 2 heteroatoms. The van der Waals surface area contributed by atoms with Crippen LogP contribution < -0.4 is 5.32 Å². The van der Waals surface area contributed by atoms with Crippen molar-refractivity contribution in [2.75, 3.05) is 26.2 Å². The Morgan fingerprint density at radius 2 is 1.65 bits per heavy atom. The van der Waals surface area contributed by atoms with Crippen LogP contribution in [-0.2, 0) is 0 Å². The molecule has 1 rings (SSSR count). The SMILES string of the molecule is CCCC1(CN(CCC(C)C)CCC(C)C)CCCN1. The minimum atomic E-state index is 0.419. The van der Waals surface area contributed by atoms with Gasteiger partial charge < -0.3 is 10.2 Å². The molecule has 0 amide bonds. The average Bonchev–Trinajstić information content (AvgIpc) is 2.81. The number of hydrogen-bond donors (Lipinski definition) is 1. The van der Waals surface area contributed by atoms with E-state index in [0.717, 1.165) is 11.8 Å². The van der Waals surface area contributed by atoms with Crippen LogP contribution in [0.5, 0.6) is 0 Å². The highest BCUT2D eigenvalue weighted by Gasteiger charge is 2.34. The number of rotatable bonds is 10. The lowest BCUT2D eigenvalue weighted by atomic mass is 9.90. The van der Waals surface area contributed by atoms with Gasteiger partial charge in [-0.1, -0.05) is 41.0 Å². The van der Waals surface area contributed by atoms with E-state index in [4.69, 9.17) is 0 Å². The van der Waals surface area contributed by atoms with E-state index in [1.54, 1.807) is 0 Å². The summed E-state index contributed by atoms with van der Waals surface area (Å²) in [5.74, 6) is 1.63. The van der Waals surface area contributed by atoms with Gasteiger partial charge in [0.15, 0.2) is 0 Å². The Morgan fingerprint density at radius 3 is 2.05 bits per heavy atom. The molecule has 0 aromatic rings. The van der Waals surface area contributed by atoms with Crippen LogP contribution in [0.1, 0.15) is 73.1 Å². The molecular weight excluding hydrogens is 244 g/mol. The molecule has 1 aliphatic heterocycles. The van der Waals surface area contributed by atoms with Gasteiger partial charge in [0, 0.05) is 12.1 Å². The van der Waals surface area contributed by atoms with Gasteiger partial charge in [-0.25, -0.2) is 0 Å². The zero-order valence-electron chi connectivity index (χ0n) is 14.7. The summed E-state index contributed by atoms with van der Waals surface area (Å²) in [5, 5.41) is 3.84. The monoisotopic (exact) mass is 282 g/mol. The standard InChI is InChI=1S/C18H38N2/c1-6-10-18(11-7-12-19-18)15-20(13-8-16(2)3)14-9-17(4)5/h16-17,19H,6-15H2,1-5H3. The fraction of sp³-hybridized carbons (Fsp3) is 1.00. The number of hydrogen-bond acceptors (Lipinski definition) is 2. The van der Waals surface area contributed by atoms with Gasteiger partial charge in [0.25, 0.3) is 0 Å². The Balaban J connectivity index is 2.55. The molecule has 1 N–H and O–H groups in total. The quantitative estimate of drug-likeness (QED) is 0.642. The third-order valence-corrected chi connectivity index (χ3v) is 4.63. The van der Waals surface area contributed by atoms with E-state index < -0.39 is 0 Å². The Kier molecular flexibility index (Phi) is 8.13. The van der Waals surface area contributed by atoms with Gasteiger partial charge in [-0.3, -0.25) is 0 Å². The predicted molar refractivity (Wildman–Crippen MR) is 90.2 cm³/mol. The van der Waals surface area contributed by atoms with Crippen LogP contribution in [0.15, 0.2) is 0 Å². The lowest BCUT2D eigenvalue weighted by molar-refractivity contribution is 0.169. The number of nitrogens with one attached hydrogen (secondary N) is 1. The Morgan fingerprint density at radius 1 is 1.05 bits per heavy atom. The summed E-state index contributed by atoms with van der Waals surface area (Å²) in [6.07, 6.45) is 8.05. The third-order valence-electron chi connectivity index (χ3n) is 4.63. The number of nitrogens with zero attached hydrogens (tertiary/aromatic N) is 1. The summed E-state index contributed by atoms with van der Waals surface area (Å²) < 4.78 is 0. The lowest BCUT2D eigenvalue weighted by Crippen LogP contribution is -2.50. The van der Waals surface area contributed by atoms with E-state index in [1.165, 1.54) is 64.7 Å². The highest BCUT2D eigenvalue weighted by Crippen LogP contribution is 2.26. The minimum absolute atomic E-state index is 0.419. The molecule has 0 aromatic heterocycles. The minimum Gasteiger partial charge on any atom is -0.310 e. The van der Waals surface area contributed by atoms with E-state index >= 15 is 0 Å². The average molecular weight is 283 g/mol. The van der Waals surface area contributed by atoms with Crippen LogP contribution in [0.2, 0.25) is 0 Å². The molecule has 120 valence electrons. The normalized spacial score (nSPS) is 23.4. The van der Waals surface area contributed by atoms with Crippen LogP contribution in [0, 0.1) is 11.8 Å². The Hall–Kier alpha value is -0.0800. The Labute approximate surface area is 127 Å². The van der Waals surface area contributed by atoms with E-state index in [0.29, 0.717) is 5.54 Å². The van der Waals surface area contributed by atoms with Crippen LogP contribution in [0.4, 0.5) is 0 Å². The summed E-state index contributed by atoms with van der Waals surface area (Å²) in [5.41, 5.74) is 0.419. The maximum atomic E-state index is 3.84. The van der Waals surface area contributed by atoms with Gasteiger partial charge in [-0.15, -0.1) is 0 Å². The second-order valence-corrected chi connectivity index (χ2v) is 7.70. The second kappa shape index (κ2) is 9.04. The van der Waals surface area contributed by atoms with Crippen molar-refractivity contribution < 1.29 is 0 Å². The van der Waals surface area contributed by atoms with Crippen LogP contribution >= 0.6 is 0 Å². The molecule has 20 heavy (non-hydrogen) atoms. The zero-order chi connectivity index (χ0) is 15.0. The van der Waals surface area contributed by atoms with Crippen molar-refractivity contribution in [1.82, 2.24) is 10.2 Å². The van der Waals surface area contributed by atoms with Gasteiger partial charge in [-0.2, -0.15) is 0 Å². The van der Waals surface area contributed by atoms with Gasteiger partial charge in [0.05, 0.1) is 0 Å². The van der Waals surface area contributed by atoms with Gasteiger partial charge in [0.2, 0.25) is 0 Å². The highest BCUT2D eigenvalue weighted by molar-refractivity contribution is 4.95. The van der Waals surface area contributed by atoms with Crippen molar-refractivity contribution in [3.8, 4) is 0 Å². The van der Waals surface area contributed by atoms with Crippen molar-refractivity contribution in [1.29, 1.82) is 0 Å². The second-order valence-electron chi connectivity index (χ2n) is 7.70. The zero-order valence-corrected chi connectivity index (χ0v) is 14.7. The first-order chi connectivity index (χ1) is 9.47. The van der Waals surface area contributed by atoms with Crippen molar-refractivity contribution in [2.24, 2.45) is 11.8 Å². The summed E-state index contributed by atoms with van der Waals surface area (Å²) in [7, 11) is 0. The molecule has 0 aromatic carbocycles. The van der Waals surface area contributed by atoms with Crippen LogP contribution in [0.3, 0.4) is 0 Å². The molecule has 1 fully saturated rings. The molecule has 0 saturated carbocycles. The van der Waals surface area contributed by atoms with Gasteiger partial charge in [0.1, 0.15) is 0 Å². The molecule has 0 bridgehead atoms. The van der Waals surface area contributed by atoms with Crippen molar-refractivity contribution in [2.45, 2.75) is 78.7 Å². The predicted octanol–water partition coefficient (Wildman–Crippen LogP) is 4.30. The fourth-order valence-electron chi connectivity index (χ4n) is 3.35. The van der Waals surface area contributed by atoms with Crippen molar-refractivity contribution in [3.05, 3.63) is 0 Å². The van der Waals surface area contributed by atoms with Crippen LogP contribution in [-0.4, -0.2) is 36.6 Å². The van der Waals surface area contributed by atoms with Crippen molar-refractivity contribution in [3.63, 3.8) is 0 Å². The molecular formula is C18H38N2. The fourth-order valence-corrected chi connectivity index (χ4v) is 3.35.